The van der Waals surface area contributed by atoms with Crippen molar-refractivity contribution < 1.29 is 8.78 Å². The van der Waals surface area contributed by atoms with Gasteiger partial charge in [-0.3, -0.25) is 0 Å². The Bertz CT molecular complexity index is 750. The first-order valence-corrected chi connectivity index (χ1v) is 5.78. The average molecular weight is 259 g/mol. The molecule has 0 atom stereocenters. The Morgan fingerprint density at radius 3 is 2.68 bits per heavy atom. The lowest BCUT2D eigenvalue weighted by Crippen LogP contribution is -2.01. The molecule has 0 spiro atoms. The summed E-state index contributed by atoms with van der Waals surface area (Å²) in [6.45, 7) is 0. The molecule has 0 amide bonds. The van der Waals surface area contributed by atoms with Gasteiger partial charge in [0.15, 0.2) is 0 Å². The summed E-state index contributed by atoms with van der Waals surface area (Å²) in [5.41, 5.74) is 1.78. The van der Waals surface area contributed by atoms with E-state index in [2.05, 4.69) is 10.3 Å². The first-order valence-electron chi connectivity index (χ1n) is 5.78. The van der Waals surface area contributed by atoms with E-state index in [9.17, 15) is 8.78 Å². The molecule has 0 bridgehead atoms. The van der Waals surface area contributed by atoms with Crippen LogP contribution >= 0.6 is 0 Å². The number of hydrogen-bond donors (Lipinski definition) is 1. The van der Waals surface area contributed by atoms with Crippen molar-refractivity contribution in [2.24, 2.45) is 7.05 Å². The summed E-state index contributed by atoms with van der Waals surface area (Å²) in [6.07, 6.45) is 0. The Kier molecular flexibility index (Phi) is 2.67. The normalized spacial score (nSPS) is 10.9. The molecule has 3 rings (SSSR count). The fraction of sp³-hybridized carbons (Fsp3) is 0.0714. The predicted octanol–water partition coefficient (Wildman–Crippen LogP) is 3.60. The standard InChI is InChI=1S/C14H11F2N3/c1-19-13-5-3-2-4-11(13)17-14(19)18-12-8-9(15)6-7-10(12)16/h2-8H,1H3,(H,17,18). The topological polar surface area (TPSA) is 29.9 Å². The third-order valence-corrected chi connectivity index (χ3v) is 2.96. The number of aryl methyl sites for hydroxylation is 1. The van der Waals surface area contributed by atoms with Crippen LogP contribution in [0, 0.1) is 11.6 Å². The van der Waals surface area contributed by atoms with Crippen LogP contribution in [0.4, 0.5) is 20.4 Å². The molecule has 0 aliphatic rings. The number of aromatic nitrogens is 2. The Morgan fingerprint density at radius 1 is 1.11 bits per heavy atom. The van der Waals surface area contributed by atoms with Gasteiger partial charge in [-0.15, -0.1) is 0 Å². The smallest absolute Gasteiger partial charge is 0.208 e. The van der Waals surface area contributed by atoms with E-state index >= 15 is 0 Å². The molecule has 0 saturated carbocycles. The summed E-state index contributed by atoms with van der Waals surface area (Å²) in [5.74, 6) is -0.554. The van der Waals surface area contributed by atoms with E-state index in [1.54, 1.807) is 4.57 Å². The van der Waals surface area contributed by atoms with Crippen LogP contribution in [0.3, 0.4) is 0 Å². The maximum atomic E-state index is 13.6. The monoisotopic (exact) mass is 259 g/mol. The van der Waals surface area contributed by atoms with Gasteiger partial charge in [-0.1, -0.05) is 12.1 Å². The molecule has 3 aromatic rings. The molecule has 0 fully saturated rings. The van der Waals surface area contributed by atoms with Gasteiger partial charge in [-0.05, 0) is 24.3 Å². The van der Waals surface area contributed by atoms with Crippen molar-refractivity contribution in [3.8, 4) is 0 Å². The Morgan fingerprint density at radius 2 is 1.89 bits per heavy atom. The van der Waals surface area contributed by atoms with Crippen LogP contribution in [0.25, 0.3) is 11.0 Å². The zero-order valence-electron chi connectivity index (χ0n) is 10.2. The first-order chi connectivity index (χ1) is 9.15. The SMILES string of the molecule is Cn1c(Nc2cc(F)ccc2F)nc2ccccc21. The van der Waals surface area contributed by atoms with Crippen LogP contribution < -0.4 is 5.32 Å². The number of hydrogen-bond acceptors (Lipinski definition) is 2. The number of nitrogens with zero attached hydrogens (tertiary/aromatic N) is 2. The van der Waals surface area contributed by atoms with E-state index in [1.807, 2.05) is 31.3 Å². The highest BCUT2D eigenvalue weighted by Crippen LogP contribution is 2.23. The van der Waals surface area contributed by atoms with Crippen LogP contribution in [0.15, 0.2) is 42.5 Å². The minimum atomic E-state index is -0.520. The van der Waals surface area contributed by atoms with E-state index in [1.165, 1.54) is 0 Å². The second kappa shape index (κ2) is 4.35. The highest BCUT2D eigenvalue weighted by Gasteiger charge is 2.10. The lowest BCUT2D eigenvalue weighted by Gasteiger charge is -2.07. The maximum Gasteiger partial charge on any atom is 0.208 e. The number of nitrogens with one attached hydrogen (secondary N) is 1. The third kappa shape index (κ3) is 2.03. The second-order valence-corrected chi connectivity index (χ2v) is 4.23. The largest absolute Gasteiger partial charge is 0.323 e. The van der Waals surface area contributed by atoms with Gasteiger partial charge >= 0.3 is 0 Å². The van der Waals surface area contributed by atoms with E-state index in [0.29, 0.717) is 5.95 Å². The quantitative estimate of drug-likeness (QED) is 0.762. The summed E-state index contributed by atoms with van der Waals surface area (Å²) in [5, 5.41) is 2.81. The molecule has 5 heteroatoms. The van der Waals surface area contributed by atoms with Crippen LogP contribution in [0.1, 0.15) is 0 Å². The zero-order chi connectivity index (χ0) is 13.4. The number of para-hydroxylation sites is 2. The molecule has 0 radical (unpaired) electrons. The van der Waals surface area contributed by atoms with Crippen LogP contribution in [0.5, 0.6) is 0 Å². The number of anilines is 2. The third-order valence-electron chi connectivity index (χ3n) is 2.96. The minimum absolute atomic E-state index is 0.0680. The van der Waals surface area contributed by atoms with Crippen LogP contribution in [-0.4, -0.2) is 9.55 Å². The van der Waals surface area contributed by atoms with Gasteiger partial charge in [-0.2, -0.15) is 0 Å². The van der Waals surface area contributed by atoms with Gasteiger partial charge in [0.2, 0.25) is 5.95 Å². The summed E-state index contributed by atoms with van der Waals surface area (Å²) < 4.78 is 28.5. The van der Waals surface area contributed by atoms with Crippen molar-refractivity contribution in [1.29, 1.82) is 0 Å². The van der Waals surface area contributed by atoms with Crippen LogP contribution in [0.2, 0.25) is 0 Å². The summed E-state index contributed by atoms with van der Waals surface area (Å²) >= 11 is 0. The van der Waals surface area contributed by atoms with E-state index in [4.69, 9.17) is 0 Å². The average Bonchev–Trinajstić information content (AvgIpc) is 2.72. The molecule has 1 N–H and O–H groups in total. The molecule has 0 unspecified atom stereocenters. The van der Waals surface area contributed by atoms with Gasteiger partial charge < -0.3 is 9.88 Å². The lowest BCUT2D eigenvalue weighted by molar-refractivity contribution is 0.603. The molecular formula is C14H11F2N3. The Balaban J connectivity index is 2.06. The number of benzene rings is 2. The molecule has 1 heterocycles. The molecule has 3 nitrogen and oxygen atoms in total. The molecule has 2 aromatic carbocycles. The van der Waals surface area contributed by atoms with Crippen molar-refractivity contribution >= 4 is 22.7 Å². The van der Waals surface area contributed by atoms with Crippen LogP contribution in [-0.2, 0) is 7.05 Å². The van der Waals surface area contributed by atoms with E-state index in [0.717, 1.165) is 29.2 Å². The minimum Gasteiger partial charge on any atom is -0.323 e. The molecule has 0 saturated heterocycles. The fourth-order valence-electron chi connectivity index (χ4n) is 1.97. The molecule has 96 valence electrons. The molecule has 0 aliphatic heterocycles. The molecule has 19 heavy (non-hydrogen) atoms. The zero-order valence-corrected chi connectivity index (χ0v) is 10.2. The Hall–Kier alpha value is -2.43. The Labute approximate surface area is 108 Å². The van der Waals surface area contributed by atoms with Crippen molar-refractivity contribution in [3.63, 3.8) is 0 Å². The summed E-state index contributed by atoms with van der Waals surface area (Å²) in [7, 11) is 1.81. The number of halogens is 2. The molecule has 1 aromatic heterocycles. The van der Waals surface area contributed by atoms with E-state index in [-0.39, 0.29) is 5.69 Å². The molecular weight excluding hydrogens is 248 g/mol. The van der Waals surface area contributed by atoms with Crippen molar-refractivity contribution in [2.75, 3.05) is 5.32 Å². The fourth-order valence-corrected chi connectivity index (χ4v) is 1.97. The lowest BCUT2D eigenvalue weighted by atomic mass is 10.3. The van der Waals surface area contributed by atoms with Gasteiger partial charge in [-0.25, -0.2) is 13.8 Å². The highest BCUT2D eigenvalue weighted by atomic mass is 19.1. The van der Waals surface area contributed by atoms with Crippen molar-refractivity contribution in [3.05, 3.63) is 54.1 Å². The van der Waals surface area contributed by atoms with Crippen molar-refractivity contribution in [1.82, 2.24) is 9.55 Å². The number of imidazole rings is 1. The predicted molar refractivity (Wildman–Crippen MR) is 70.4 cm³/mol. The number of rotatable bonds is 2. The summed E-state index contributed by atoms with van der Waals surface area (Å²) in [4.78, 5) is 4.34. The van der Waals surface area contributed by atoms with Gasteiger partial charge in [0.05, 0.1) is 16.7 Å². The maximum absolute atomic E-state index is 13.6. The highest BCUT2D eigenvalue weighted by molar-refractivity contribution is 5.79. The van der Waals surface area contributed by atoms with Gasteiger partial charge in [0.25, 0.3) is 0 Å². The first kappa shape index (κ1) is 11.6. The van der Waals surface area contributed by atoms with Crippen molar-refractivity contribution in [2.45, 2.75) is 0 Å². The molecule has 0 aliphatic carbocycles. The van der Waals surface area contributed by atoms with E-state index < -0.39 is 11.6 Å². The van der Waals surface area contributed by atoms with Gasteiger partial charge in [0.1, 0.15) is 11.6 Å². The second-order valence-electron chi connectivity index (χ2n) is 4.23. The number of fused-ring (bicyclic) bond motifs is 1. The summed E-state index contributed by atoms with van der Waals surface area (Å²) in [6, 6.07) is 10.8. The van der Waals surface area contributed by atoms with Gasteiger partial charge in [0, 0.05) is 13.1 Å².